The van der Waals surface area contributed by atoms with Crippen molar-refractivity contribution in [3.05, 3.63) is 0 Å². The first-order valence-corrected chi connectivity index (χ1v) is 7.94. The van der Waals surface area contributed by atoms with E-state index in [1.54, 1.807) is 0 Å². The third-order valence-corrected chi connectivity index (χ3v) is 5.37. The predicted octanol–water partition coefficient (Wildman–Crippen LogP) is 2.19. The van der Waals surface area contributed by atoms with Gasteiger partial charge in [0.05, 0.1) is 5.54 Å². The molecule has 3 fully saturated rings. The zero-order valence-corrected chi connectivity index (χ0v) is 14.6. The third kappa shape index (κ3) is 3.66. The van der Waals surface area contributed by atoms with E-state index in [-0.39, 0.29) is 30.7 Å². The molecule has 0 spiro atoms. The summed E-state index contributed by atoms with van der Waals surface area (Å²) in [6, 6.07) is 0.913. The number of nitrogens with zero attached hydrogens (tertiary/aromatic N) is 2. The Labute approximate surface area is 140 Å². The zero-order chi connectivity index (χ0) is 13.5. The van der Waals surface area contributed by atoms with Crippen LogP contribution in [-0.4, -0.2) is 53.0 Å². The molecule has 2 N–H and O–H groups in total. The van der Waals surface area contributed by atoms with E-state index in [0.29, 0.717) is 12.1 Å². The van der Waals surface area contributed by atoms with Crippen LogP contribution in [0, 0.1) is 0 Å². The molecule has 2 heterocycles. The van der Waals surface area contributed by atoms with E-state index < -0.39 is 5.54 Å². The molecule has 3 rings (SSSR count). The normalized spacial score (nSPS) is 31.8. The average molecular weight is 338 g/mol. The van der Waals surface area contributed by atoms with Gasteiger partial charge in [-0.1, -0.05) is 19.3 Å². The Morgan fingerprint density at radius 2 is 1.76 bits per heavy atom. The first kappa shape index (κ1) is 19.0. The van der Waals surface area contributed by atoms with Gasteiger partial charge in [-0.25, -0.2) is 0 Å². The van der Waals surface area contributed by atoms with E-state index in [1.165, 1.54) is 25.8 Å². The van der Waals surface area contributed by atoms with E-state index in [4.69, 9.17) is 5.73 Å². The largest absolute Gasteiger partial charge is 0.336 e. The van der Waals surface area contributed by atoms with E-state index >= 15 is 0 Å². The summed E-state index contributed by atoms with van der Waals surface area (Å²) in [5.74, 6) is 0.228. The van der Waals surface area contributed by atoms with Gasteiger partial charge in [-0.3, -0.25) is 9.69 Å². The molecular formula is C15H29Cl2N3O. The molecule has 0 aromatic heterocycles. The standard InChI is InChI=1S/C15H27N3O.2ClH/c1-12-10-17-9-5-6-13(17)11-18(12)14(19)15(16)7-3-2-4-8-15;;/h12-13H,2-11,16H2,1H3;2*1H. The van der Waals surface area contributed by atoms with Crippen LogP contribution in [0.5, 0.6) is 0 Å². The number of piperazine rings is 1. The van der Waals surface area contributed by atoms with Crippen LogP contribution in [0.1, 0.15) is 51.9 Å². The molecule has 2 aliphatic heterocycles. The van der Waals surface area contributed by atoms with Crippen molar-refractivity contribution in [2.24, 2.45) is 5.73 Å². The summed E-state index contributed by atoms with van der Waals surface area (Å²) in [6.45, 7) is 5.33. The first-order valence-electron chi connectivity index (χ1n) is 7.94. The highest BCUT2D eigenvalue weighted by atomic mass is 35.5. The molecule has 2 unspecified atom stereocenters. The smallest absolute Gasteiger partial charge is 0.242 e. The summed E-state index contributed by atoms with van der Waals surface area (Å²) >= 11 is 0. The van der Waals surface area contributed by atoms with Crippen LogP contribution >= 0.6 is 24.8 Å². The number of amides is 1. The van der Waals surface area contributed by atoms with Crippen LogP contribution < -0.4 is 5.73 Å². The van der Waals surface area contributed by atoms with Gasteiger partial charge in [0.25, 0.3) is 0 Å². The monoisotopic (exact) mass is 337 g/mol. The van der Waals surface area contributed by atoms with Crippen molar-refractivity contribution in [2.45, 2.75) is 69.5 Å². The minimum Gasteiger partial charge on any atom is -0.336 e. The number of carbonyl (C=O) groups excluding carboxylic acids is 1. The molecule has 0 aromatic rings. The lowest BCUT2D eigenvalue weighted by atomic mass is 9.81. The van der Waals surface area contributed by atoms with Crippen LogP contribution in [0.15, 0.2) is 0 Å². The van der Waals surface area contributed by atoms with Crippen LogP contribution in [0.3, 0.4) is 0 Å². The van der Waals surface area contributed by atoms with E-state index in [9.17, 15) is 4.79 Å². The van der Waals surface area contributed by atoms with Crippen molar-refractivity contribution in [2.75, 3.05) is 19.6 Å². The maximum absolute atomic E-state index is 12.9. The fraction of sp³-hybridized carbons (Fsp3) is 0.933. The second kappa shape index (κ2) is 7.49. The van der Waals surface area contributed by atoms with Gasteiger partial charge in [-0.05, 0) is 39.2 Å². The predicted molar refractivity (Wildman–Crippen MR) is 90.3 cm³/mol. The van der Waals surface area contributed by atoms with Gasteiger partial charge >= 0.3 is 0 Å². The number of hydrogen-bond donors (Lipinski definition) is 1. The number of nitrogens with two attached hydrogens (primary N) is 1. The number of hydrogen-bond acceptors (Lipinski definition) is 3. The number of carbonyl (C=O) groups is 1. The quantitative estimate of drug-likeness (QED) is 0.797. The molecule has 1 amide bonds. The maximum Gasteiger partial charge on any atom is 0.242 e. The zero-order valence-electron chi connectivity index (χ0n) is 12.9. The van der Waals surface area contributed by atoms with Gasteiger partial charge in [-0.2, -0.15) is 0 Å². The Hall–Kier alpha value is -0.0300. The van der Waals surface area contributed by atoms with Crippen LogP contribution in [0.2, 0.25) is 0 Å². The van der Waals surface area contributed by atoms with E-state index in [0.717, 1.165) is 38.8 Å². The minimum atomic E-state index is -0.562. The summed E-state index contributed by atoms with van der Waals surface area (Å²) in [6.07, 6.45) is 7.74. The molecule has 2 atom stereocenters. The van der Waals surface area contributed by atoms with Crippen LogP contribution in [-0.2, 0) is 4.79 Å². The molecule has 1 saturated carbocycles. The summed E-state index contributed by atoms with van der Waals surface area (Å²) in [5.41, 5.74) is 5.87. The molecule has 0 bridgehead atoms. The minimum absolute atomic E-state index is 0. The number of rotatable bonds is 1. The third-order valence-electron chi connectivity index (χ3n) is 5.37. The van der Waals surface area contributed by atoms with Crippen molar-refractivity contribution in [1.82, 2.24) is 9.80 Å². The molecule has 6 heteroatoms. The van der Waals surface area contributed by atoms with Crippen molar-refractivity contribution >= 4 is 30.7 Å². The molecule has 21 heavy (non-hydrogen) atoms. The fourth-order valence-electron chi connectivity index (χ4n) is 4.15. The molecule has 2 saturated heterocycles. The summed E-state index contributed by atoms with van der Waals surface area (Å²) < 4.78 is 0. The van der Waals surface area contributed by atoms with E-state index in [2.05, 4.69) is 16.7 Å². The Kier molecular flexibility index (Phi) is 6.79. The molecule has 4 nitrogen and oxygen atoms in total. The second-order valence-electron chi connectivity index (χ2n) is 6.81. The van der Waals surface area contributed by atoms with Crippen LogP contribution in [0.25, 0.3) is 0 Å². The first-order chi connectivity index (χ1) is 9.10. The molecular weight excluding hydrogens is 309 g/mol. The second-order valence-corrected chi connectivity index (χ2v) is 6.81. The topological polar surface area (TPSA) is 49.6 Å². The van der Waals surface area contributed by atoms with Crippen molar-refractivity contribution < 1.29 is 4.79 Å². The Bertz CT molecular complexity index is 361. The molecule has 0 radical (unpaired) electrons. The van der Waals surface area contributed by atoms with Crippen molar-refractivity contribution in [3.8, 4) is 0 Å². The Balaban J connectivity index is 0.00000110. The molecule has 1 aliphatic carbocycles. The van der Waals surface area contributed by atoms with Gasteiger partial charge in [0, 0.05) is 25.2 Å². The highest BCUT2D eigenvalue weighted by Crippen LogP contribution is 2.31. The Morgan fingerprint density at radius 3 is 2.43 bits per heavy atom. The lowest BCUT2D eigenvalue weighted by molar-refractivity contribution is -0.144. The number of halogens is 2. The maximum atomic E-state index is 12.9. The average Bonchev–Trinajstić information content (AvgIpc) is 2.85. The summed E-state index contributed by atoms with van der Waals surface area (Å²) in [5, 5.41) is 0. The van der Waals surface area contributed by atoms with Crippen molar-refractivity contribution in [3.63, 3.8) is 0 Å². The van der Waals surface area contributed by atoms with Crippen molar-refractivity contribution in [1.29, 1.82) is 0 Å². The lowest BCUT2D eigenvalue weighted by Gasteiger charge is -2.46. The SMILES string of the molecule is CC1CN2CCCC2CN1C(=O)C1(N)CCCCC1.Cl.Cl. The fourth-order valence-corrected chi connectivity index (χ4v) is 4.15. The summed E-state index contributed by atoms with van der Waals surface area (Å²) in [4.78, 5) is 17.5. The number of fused-ring (bicyclic) bond motifs is 1. The van der Waals surface area contributed by atoms with Gasteiger partial charge in [0.2, 0.25) is 5.91 Å². The lowest BCUT2D eigenvalue weighted by Crippen LogP contribution is -2.64. The van der Waals surface area contributed by atoms with Gasteiger partial charge < -0.3 is 10.6 Å². The molecule has 3 aliphatic rings. The highest BCUT2D eigenvalue weighted by molar-refractivity contribution is 5.86. The van der Waals surface area contributed by atoms with Gasteiger partial charge in [0.15, 0.2) is 0 Å². The highest BCUT2D eigenvalue weighted by Gasteiger charge is 2.43. The van der Waals surface area contributed by atoms with Crippen LogP contribution in [0.4, 0.5) is 0 Å². The van der Waals surface area contributed by atoms with Gasteiger partial charge in [-0.15, -0.1) is 24.8 Å². The summed E-state index contributed by atoms with van der Waals surface area (Å²) in [7, 11) is 0. The van der Waals surface area contributed by atoms with Gasteiger partial charge in [0.1, 0.15) is 0 Å². The Morgan fingerprint density at radius 1 is 1.10 bits per heavy atom. The van der Waals surface area contributed by atoms with E-state index in [1.807, 2.05) is 0 Å². The molecule has 0 aromatic carbocycles. The molecule has 124 valence electrons.